The van der Waals surface area contributed by atoms with Crippen LogP contribution in [0.2, 0.25) is 0 Å². The van der Waals surface area contributed by atoms with Crippen LogP contribution in [0.3, 0.4) is 0 Å². The normalized spacial score (nSPS) is 11.8. The molecule has 1 heterocycles. The van der Waals surface area contributed by atoms with Crippen LogP contribution >= 0.6 is 11.8 Å². The van der Waals surface area contributed by atoms with Crippen molar-refractivity contribution in [2.24, 2.45) is 7.05 Å². The minimum atomic E-state index is -0.331. The number of aryl methyl sites for hydroxylation is 3. The molecule has 0 aliphatic rings. The molecular formula is C24H29N5O2S. The molecule has 0 aliphatic heterocycles. The first-order valence-electron chi connectivity index (χ1n) is 10.6. The number of para-hydroxylation sites is 1. The summed E-state index contributed by atoms with van der Waals surface area (Å²) in [4.78, 5) is 25.1. The zero-order valence-corrected chi connectivity index (χ0v) is 19.9. The van der Waals surface area contributed by atoms with Gasteiger partial charge in [0.25, 0.3) is 5.91 Å². The number of benzene rings is 2. The first-order valence-corrected chi connectivity index (χ1v) is 11.6. The Labute approximate surface area is 193 Å². The van der Waals surface area contributed by atoms with Crippen LogP contribution in [0.4, 0.5) is 5.69 Å². The van der Waals surface area contributed by atoms with E-state index >= 15 is 0 Å². The molecule has 3 aromatic rings. The molecule has 0 aliphatic carbocycles. The highest BCUT2D eigenvalue weighted by atomic mass is 32.2. The zero-order chi connectivity index (χ0) is 23.3. The van der Waals surface area contributed by atoms with E-state index in [-0.39, 0.29) is 23.6 Å². The maximum absolute atomic E-state index is 12.5. The Kier molecular flexibility index (Phi) is 7.69. The Morgan fingerprint density at radius 1 is 1.12 bits per heavy atom. The topological polar surface area (TPSA) is 88.9 Å². The molecule has 8 heteroatoms. The predicted octanol–water partition coefficient (Wildman–Crippen LogP) is 4.22. The predicted molar refractivity (Wildman–Crippen MR) is 128 cm³/mol. The summed E-state index contributed by atoms with van der Waals surface area (Å²) in [6.45, 7) is 7.87. The summed E-state index contributed by atoms with van der Waals surface area (Å²) in [6.07, 6.45) is 0.850. The van der Waals surface area contributed by atoms with Crippen molar-refractivity contribution in [3.63, 3.8) is 0 Å². The highest BCUT2D eigenvalue weighted by molar-refractivity contribution is 7.99. The fraction of sp³-hybridized carbons (Fsp3) is 0.333. The van der Waals surface area contributed by atoms with Crippen molar-refractivity contribution >= 4 is 29.3 Å². The summed E-state index contributed by atoms with van der Waals surface area (Å²) >= 11 is 1.31. The molecule has 0 fully saturated rings. The second-order valence-electron chi connectivity index (χ2n) is 7.76. The van der Waals surface area contributed by atoms with Gasteiger partial charge in [0.05, 0.1) is 11.8 Å². The molecule has 32 heavy (non-hydrogen) atoms. The largest absolute Gasteiger partial charge is 0.342 e. The van der Waals surface area contributed by atoms with Crippen LogP contribution in [0.25, 0.3) is 0 Å². The van der Waals surface area contributed by atoms with Crippen molar-refractivity contribution in [1.82, 2.24) is 20.1 Å². The van der Waals surface area contributed by atoms with Gasteiger partial charge in [0.2, 0.25) is 5.91 Å². The van der Waals surface area contributed by atoms with E-state index in [1.54, 1.807) is 6.07 Å². The Balaban J connectivity index is 1.61. The number of thioether (sulfide) groups is 1. The average Bonchev–Trinajstić information content (AvgIpc) is 3.14. The van der Waals surface area contributed by atoms with E-state index in [9.17, 15) is 9.59 Å². The van der Waals surface area contributed by atoms with E-state index in [0.29, 0.717) is 16.5 Å². The van der Waals surface area contributed by atoms with E-state index in [0.717, 1.165) is 28.8 Å². The molecule has 0 spiro atoms. The van der Waals surface area contributed by atoms with Gasteiger partial charge in [-0.15, -0.1) is 10.2 Å². The van der Waals surface area contributed by atoms with Crippen LogP contribution in [0.1, 0.15) is 52.8 Å². The van der Waals surface area contributed by atoms with Crippen LogP contribution in [-0.2, 0) is 18.3 Å². The molecule has 3 rings (SSSR count). The van der Waals surface area contributed by atoms with Crippen molar-refractivity contribution in [3.05, 3.63) is 70.5 Å². The quantitative estimate of drug-likeness (QED) is 0.501. The molecular weight excluding hydrogens is 422 g/mol. The lowest BCUT2D eigenvalue weighted by atomic mass is 10.1. The molecule has 2 amide bonds. The number of nitrogens with one attached hydrogen (secondary N) is 2. The number of hydrogen-bond donors (Lipinski definition) is 2. The van der Waals surface area contributed by atoms with E-state index < -0.39 is 0 Å². The van der Waals surface area contributed by atoms with Crippen LogP contribution in [-0.4, -0.2) is 32.3 Å². The highest BCUT2D eigenvalue weighted by Gasteiger charge is 2.19. The SMILES string of the molecule is CCc1cccc(C)c1NC(=O)CSc1nnc([C@@H](C)NC(=O)c2cccc(C)c2)n1C. The van der Waals surface area contributed by atoms with Gasteiger partial charge in [-0.05, 0) is 50.5 Å². The zero-order valence-electron chi connectivity index (χ0n) is 19.1. The molecule has 0 saturated heterocycles. The Hall–Kier alpha value is -3.13. The molecule has 1 aromatic heterocycles. The van der Waals surface area contributed by atoms with Gasteiger partial charge < -0.3 is 15.2 Å². The van der Waals surface area contributed by atoms with E-state index in [1.807, 2.05) is 68.8 Å². The van der Waals surface area contributed by atoms with Gasteiger partial charge in [0, 0.05) is 18.3 Å². The number of rotatable bonds is 8. The van der Waals surface area contributed by atoms with E-state index in [2.05, 4.69) is 27.8 Å². The van der Waals surface area contributed by atoms with Crippen molar-refractivity contribution < 1.29 is 9.59 Å². The summed E-state index contributed by atoms with van der Waals surface area (Å²) in [5.74, 6) is 0.584. The second kappa shape index (κ2) is 10.5. The third-order valence-corrected chi connectivity index (χ3v) is 6.24. The third-order valence-electron chi connectivity index (χ3n) is 5.22. The van der Waals surface area contributed by atoms with E-state index in [4.69, 9.17) is 0 Å². The Bertz CT molecular complexity index is 1130. The number of carbonyl (C=O) groups excluding carboxylic acids is 2. The van der Waals surface area contributed by atoms with Crippen LogP contribution in [0.5, 0.6) is 0 Å². The molecule has 0 bridgehead atoms. The third kappa shape index (κ3) is 5.56. The van der Waals surface area contributed by atoms with Crippen LogP contribution < -0.4 is 10.6 Å². The molecule has 1 atom stereocenters. The highest BCUT2D eigenvalue weighted by Crippen LogP contribution is 2.23. The van der Waals surface area contributed by atoms with Crippen molar-refractivity contribution in [3.8, 4) is 0 Å². The number of anilines is 1. The number of nitrogens with zero attached hydrogens (tertiary/aromatic N) is 3. The summed E-state index contributed by atoms with van der Waals surface area (Å²) in [7, 11) is 1.83. The summed E-state index contributed by atoms with van der Waals surface area (Å²) in [6, 6.07) is 13.1. The fourth-order valence-corrected chi connectivity index (χ4v) is 4.19. The lowest BCUT2D eigenvalue weighted by Crippen LogP contribution is -2.28. The van der Waals surface area contributed by atoms with Crippen molar-refractivity contribution in [2.45, 2.75) is 45.3 Å². The van der Waals surface area contributed by atoms with Gasteiger partial charge in [-0.3, -0.25) is 9.59 Å². The van der Waals surface area contributed by atoms with Gasteiger partial charge in [-0.25, -0.2) is 0 Å². The maximum Gasteiger partial charge on any atom is 0.251 e. The summed E-state index contributed by atoms with van der Waals surface area (Å²) < 4.78 is 1.81. The first-order chi connectivity index (χ1) is 15.3. The van der Waals surface area contributed by atoms with Gasteiger partial charge in [-0.2, -0.15) is 0 Å². The lowest BCUT2D eigenvalue weighted by Gasteiger charge is -2.14. The van der Waals surface area contributed by atoms with Crippen molar-refractivity contribution in [2.75, 3.05) is 11.1 Å². The monoisotopic (exact) mass is 451 g/mol. The number of carbonyl (C=O) groups is 2. The van der Waals surface area contributed by atoms with Gasteiger partial charge in [0.1, 0.15) is 0 Å². The summed E-state index contributed by atoms with van der Waals surface area (Å²) in [5, 5.41) is 15.0. The number of aromatic nitrogens is 3. The maximum atomic E-state index is 12.5. The molecule has 0 saturated carbocycles. The van der Waals surface area contributed by atoms with Gasteiger partial charge >= 0.3 is 0 Å². The van der Waals surface area contributed by atoms with Crippen LogP contribution in [0.15, 0.2) is 47.6 Å². The van der Waals surface area contributed by atoms with E-state index in [1.165, 1.54) is 11.8 Å². The van der Waals surface area contributed by atoms with Gasteiger partial charge in [-0.1, -0.05) is 54.6 Å². The lowest BCUT2D eigenvalue weighted by molar-refractivity contribution is -0.113. The minimum absolute atomic E-state index is 0.0932. The Morgan fingerprint density at radius 2 is 1.88 bits per heavy atom. The standard InChI is InChI=1S/C24H29N5O2S/c1-6-18-11-8-10-16(3)21(18)26-20(30)14-32-24-28-27-22(29(24)5)17(4)25-23(31)19-12-7-9-15(2)13-19/h7-13,17H,6,14H2,1-5H3,(H,25,31)(H,26,30)/t17-/m1/s1. The minimum Gasteiger partial charge on any atom is -0.342 e. The molecule has 0 unspecified atom stereocenters. The number of amides is 2. The molecule has 168 valence electrons. The smallest absolute Gasteiger partial charge is 0.251 e. The molecule has 7 nitrogen and oxygen atoms in total. The average molecular weight is 452 g/mol. The Morgan fingerprint density at radius 3 is 2.59 bits per heavy atom. The van der Waals surface area contributed by atoms with Crippen molar-refractivity contribution in [1.29, 1.82) is 0 Å². The molecule has 2 aromatic carbocycles. The second-order valence-corrected chi connectivity index (χ2v) is 8.71. The summed E-state index contributed by atoms with van der Waals surface area (Å²) in [5.41, 5.74) is 4.67. The first kappa shape index (κ1) is 23.5. The molecule has 2 N–H and O–H groups in total. The molecule has 0 radical (unpaired) electrons. The fourth-order valence-electron chi connectivity index (χ4n) is 3.47. The van der Waals surface area contributed by atoms with Gasteiger partial charge in [0.15, 0.2) is 11.0 Å². The number of hydrogen-bond acceptors (Lipinski definition) is 5. The van der Waals surface area contributed by atoms with Crippen LogP contribution in [0, 0.1) is 13.8 Å².